The monoisotopic (exact) mass is 400 g/mol. The second-order valence-electron chi connectivity index (χ2n) is 5.19. The predicted molar refractivity (Wildman–Crippen MR) is 129 cm³/mol. The van der Waals surface area contributed by atoms with Crippen molar-refractivity contribution in [3.63, 3.8) is 0 Å². The minimum Gasteiger partial charge on any atom is -0.465 e. The molecule has 1 unspecified atom stereocenters. The molecule has 0 amide bonds. The summed E-state index contributed by atoms with van der Waals surface area (Å²) in [6.45, 7) is 10.1. The maximum atomic E-state index is 11.7. The highest BCUT2D eigenvalue weighted by molar-refractivity contribution is 5.73. The summed E-state index contributed by atoms with van der Waals surface area (Å²) < 4.78 is 10.5. The molecule has 0 N–H and O–H groups in total. The van der Waals surface area contributed by atoms with Crippen LogP contribution in [0.4, 0.5) is 0 Å². The van der Waals surface area contributed by atoms with Gasteiger partial charge in [-0.05, 0) is 12.3 Å². The van der Waals surface area contributed by atoms with Gasteiger partial charge in [0.2, 0.25) is 0 Å². The Labute approximate surface area is 175 Å². The largest absolute Gasteiger partial charge is 0.465 e. The van der Waals surface area contributed by atoms with E-state index in [9.17, 15) is 9.59 Å². The molecule has 1 atom stereocenters. The van der Waals surface area contributed by atoms with Crippen LogP contribution in [-0.4, -0.2) is 24.6 Å². The zero-order valence-electron chi connectivity index (χ0n) is 12.9. The van der Waals surface area contributed by atoms with E-state index in [-0.39, 0.29) is 89.8 Å². The summed E-state index contributed by atoms with van der Waals surface area (Å²) in [4.78, 5) is 23.2. The van der Waals surface area contributed by atoms with E-state index in [4.69, 9.17) is 9.47 Å². The fourth-order valence-electron chi connectivity index (χ4n) is 1.55. The lowest BCUT2D eigenvalue weighted by Gasteiger charge is -2.18. The lowest BCUT2D eigenvalue weighted by Crippen LogP contribution is -2.25. The Morgan fingerprint density at radius 2 is 1.15 bits per heavy atom. The summed E-state index contributed by atoms with van der Waals surface area (Å²) >= 11 is 0. The third-order valence-corrected chi connectivity index (χ3v) is 3.24. The molecule has 0 saturated carbocycles. The molecule has 0 aromatic heterocycles. The van der Waals surface area contributed by atoms with Gasteiger partial charge in [0, 0.05) is 0 Å². The van der Waals surface area contributed by atoms with Crippen LogP contribution < -0.4 is 0 Å². The Morgan fingerprint density at radius 3 is 1.44 bits per heavy atom. The van der Waals surface area contributed by atoms with Crippen molar-refractivity contribution >= 4 is 11.9 Å². The first-order chi connectivity index (χ1) is 8.94. The molecule has 27 heavy (non-hydrogen) atoms. The van der Waals surface area contributed by atoms with Crippen LogP contribution in [0.25, 0.3) is 0 Å². The summed E-state index contributed by atoms with van der Waals surface area (Å²) in [6, 6.07) is 0. The van der Waals surface area contributed by atoms with Crippen LogP contribution in [0.2, 0.25) is 0 Å². The molecule has 0 aliphatic rings. The maximum Gasteiger partial charge on any atom is 0.309 e. The summed E-state index contributed by atoms with van der Waals surface area (Å²) in [6.07, 6.45) is 2.41. The number of carbonyl (C=O) groups excluding carboxylic acids is 2. The van der Waals surface area contributed by atoms with E-state index in [0.29, 0.717) is 18.9 Å². The number of carbonyl (C=O) groups is 2. The number of ether oxygens (including phenoxy) is 2. The molecule has 0 fully saturated rings. The second-order valence-corrected chi connectivity index (χ2v) is 5.19. The van der Waals surface area contributed by atoms with Crippen LogP contribution in [0, 0.1) is 11.8 Å². The molecule has 0 aromatic carbocycles. The quantitative estimate of drug-likeness (QED) is 0.364. The van der Waals surface area contributed by atoms with Crippen molar-refractivity contribution in [3.05, 3.63) is 0 Å². The van der Waals surface area contributed by atoms with Crippen LogP contribution in [0.1, 0.15) is 120 Å². The summed E-state index contributed by atoms with van der Waals surface area (Å²) in [5.74, 6) is -0.299. The van der Waals surface area contributed by atoms with Crippen LogP contribution >= 0.6 is 0 Å². The molecule has 4 nitrogen and oxygen atoms in total. The van der Waals surface area contributed by atoms with Crippen molar-refractivity contribution in [2.24, 2.45) is 11.8 Å². The normalized spacial score (nSPS) is 8.85. The summed E-state index contributed by atoms with van der Waals surface area (Å²) in [5.41, 5.74) is 0. The third-order valence-electron chi connectivity index (χ3n) is 3.24. The predicted octanol–water partition coefficient (Wildman–Crippen LogP) is 8.42. The number of hydrogen-bond acceptors (Lipinski definition) is 4. The molecule has 0 aliphatic carbocycles. The van der Waals surface area contributed by atoms with E-state index in [2.05, 4.69) is 13.8 Å². The highest BCUT2D eigenvalue weighted by Crippen LogP contribution is 2.11. The van der Waals surface area contributed by atoms with Crippen molar-refractivity contribution in [2.75, 3.05) is 6.61 Å². The van der Waals surface area contributed by atoms with E-state index in [1.807, 2.05) is 6.92 Å². The summed E-state index contributed by atoms with van der Waals surface area (Å²) in [7, 11) is 0. The van der Waals surface area contributed by atoms with Gasteiger partial charge < -0.3 is 9.47 Å². The molecular weight excluding hydrogens is 340 g/mol. The fourth-order valence-corrected chi connectivity index (χ4v) is 1.55. The standard InChI is InChI=1S/C15H28O4.8CH4/c1-6-12(7-2)10-18-14(16)9-13(8-3)19-15(17)11(4)5;;;;;;;;/h11-13H,6-10H2,1-5H3;8*1H4. The molecule has 0 heterocycles. The fraction of sp³-hybridized carbons (Fsp3) is 0.913. The van der Waals surface area contributed by atoms with Gasteiger partial charge >= 0.3 is 11.9 Å². The molecule has 0 rings (SSSR count). The SMILES string of the molecule is C.C.C.C.C.C.C.C.CCC(CC)COC(=O)CC(CC)OC(=O)C(C)C. The minimum atomic E-state index is -0.371. The molecule has 0 spiro atoms. The van der Waals surface area contributed by atoms with Crippen LogP contribution in [0.5, 0.6) is 0 Å². The van der Waals surface area contributed by atoms with Gasteiger partial charge in [-0.2, -0.15) is 0 Å². The Balaban J connectivity index is -0.0000000579. The van der Waals surface area contributed by atoms with Gasteiger partial charge in [0.05, 0.1) is 18.9 Å². The Morgan fingerprint density at radius 1 is 0.741 bits per heavy atom. The van der Waals surface area contributed by atoms with E-state index >= 15 is 0 Å². The van der Waals surface area contributed by atoms with Gasteiger partial charge in [-0.3, -0.25) is 9.59 Å². The van der Waals surface area contributed by atoms with E-state index < -0.39 is 0 Å². The van der Waals surface area contributed by atoms with E-state index in [1.54, 1.807) is 13.8 Å². The smallest absolute Gasteiger partial charge is 0.309 e. The molecule has 4 heteroatoms. The molecule has 0 aromatic rings. The third kappa shape index (κ3) is 27.3. The van der Waals surface area contributed by atoms with Gasteiger partial charge in [-0.15, -0.1) is 0 Å². The Kier molecular flexibility index (Phi) is 67.9. The van der Waals surface area contributed by atoms with Gasteiger partial charge in [-0.25, -0.2) is 0 Å². The first kappa shape index (κ1) is 56.2. The number of esters is 2. The highest BCUT2D eigenvalue weighted by atomic mass is 16.6. The molecule has 0 bridgehead atoms. The Bertz CT molecular complexity index is 272. The Hall–Kier alpha value is -1.06. The average molecular weight is 401 g/mol. The number of rotatable bonds is 9. The van der Waals surface area contributed by atoms with Gasteiger partial charge in [0.15, 0.2) is 0 Å². The molecular formula is C23H60O4. The van der Waals surface area contributed by atoms with Crippen molar-refractivity contribution in [1.29, 1.82) is 0 Å². The highest BCUT2D eigenvalue weighted by Gasteiger charge is 2.20. The number of hydrogen-bond donors (Lipinski definition) is 0. The molecule has 0 aliphatic heterocycles. The van der Waals surface area contributed by atoms with Gasteiger partial charge in [-0.1, -0.05) is 107 Å². The zero-order valence-corrected chi connectivity index (χ0v) is 12.9. The average Bonchev–Trinajstić information content (AvgIpc) is 2.38. The lowest BCUT2D eigenvalue weighted by atomic mass is 10.1. The van der Waals surface area contributed by atoms with Crippen LogP contribution in [0.15, 0.2) is 0 Å². The first-order valence-electron chi connectivity index (χ1n) is 7.30. The molecule has 176 valence electrons. The van der Waals surface area contributed by atoms with E-state index in [1.165, 1.54) is 0 Å². The zero-order chi connectivity index (χ0) is 14.8. The molecule has 0 radical (unpaired) electrons. The van der Waals surface area contributed by atoms with Crippen molar-refractivity contribution < 1.29 is 19.1 Å². The minimum absolute atomic E-state index is 0. The molecule has 0 saturated heterocycles. The topological polar surface area (TPSA) is 52.6 Å². The van der Waals surface area contributed by atoms with Crippen molar-refractivity contribution in [1.82, 2.24) is 0 Å². The van der Waals surface area contributed by atoms with Crippen molar-refractivity contribution in [3.8, 4) is 0 Å². The lowest BCUT2D eigenvalue weighted by molar-refractivity contribution is -0.158. The van der Waals surface area contributed by atoms with Crippen LogP contribution in [-0.2, 0) is 19.1 Å². The van der Waals surface area contributed by atoms with Gasteiger partial charge in [0.25, 0.3) is 0 Å². The first-order valence-corrected chi connectivity index (χ1v) is 7.30. The van der Waals surface area contributed by atoms with Gasteiger partial charge in [0.1, 0.15) is 6.10 Å². The van der Waals surface area contributed by atoms with Crippen LogP contribution in [0.3, 0.4) is 0 Å². The maximum absolute atomic E-state index is 11.7. The second kappa shape index (κ2) is 32.6. The summed E-state index contributed by atoms with van der Waals surface area (Å²) in [5, 5.41) is 0. The van der Waals surface area contributed by atoms with Crippen molar-refractivity contribution in [2.45, 2.75) is 126 Å². The van der Waals surface area contributed by atoms with E-state index in [0.717, 1.165) is 12.8 Å².